The summed E-state index contributed by atoms with van der Waals surface area (Å²) in [5, 5.41) is 0.612. The van der Waals surface area contributed by atoms with E-state index in [4.69, 9.17) is 16.3 Å². The summed E-state index contributed by atoms with van der Waals surface area (Å²) in [6.45, 7) is 3.50. The predicted octanol–water partition coefficient (Wildman–Crippen LogP) is 6.26. The average Bonchev–Trinajstić information content (AvgIpc) is 2.74. The van der Waals surface area contributed by atoms with Crippen LogP contribution in [0.5, 0.6) is 5.75 Å². The number of hydrogen-bond donors (Lipinski definition) is 0. The smallest absolute Gasteiger partial charge is 0.224 e. The highest BCUT2D eigenvalue weighted by molar-refractivity contribution is 6.31. The van der Waals surface area contributed by atoms with Crippen LogP contribution in [0.4, 0.5) is 5.69 Å². The number of rotatable bonds is 3. The van der Waals surface area contributed by atoms with Gasteiger partial charge in [0.1, 0.15) is 5.75 Å². The van der Waals surface area contributed by atoms with Crippen molar-refractivity contribution in [3.8, 4) is 16.9 Å². The molecule has 0 spiro atoms. The molecule has 0 saturated heterocycles. The maximum Gasteiger partial charge on any atom is 0.224 e. The minimum absolute atomic E-state index is 0.0135. The van der Waals surface area contributed by atoms with Crippen molar-refractivity contribution < 1.29 is 14.3 Å². The number of ketones is 1. The van der Waals surface area contributed by atoms with Crippen LogP contribution in [0.1, 0.15) is 40.9 Å². The Kier molecular flexibility index (Phi) is 5.66. The van der Waals surface area contributed by atoms with E-state index in [2.05, 4.69) is 0 Å². The van der Waals surface area contributed by atoms with Crippen molar-refractivity contribution in [3.63, 3.8) is 0 Å². The van der Waals surface area contributed by atoms with E-state index in [1.807, 2.05) is 60.7 Å². The molecule has 0 N–H and O–H groups in total. The summed E-state index contributed by atoms with van der Waals surface area (Å²) in [4.78, 5) is 26.5. The maximum atomic E-state index is 12.5. The van der Waals surface area contributed by atoms with Crippen molar-refractivity contribution in [2.75, 3.05) is 12.0 Å². The van der Waals surface area contributed by atoms with Crippen molar-refractivity contribution in [1.29, 1.82) is 0 Å². The number of Topliss-reactive ketones (excluding diaryl/α,β-unsaturated/α-hetero) is 1. The summed E-state index contributed by atoms with van der Waals surface area (Å²) in [6.07, 6.45) is 3.96. The molecule has 0 bridgehead atoms. The maximum absolute atomic E-state index is 12.5. The summed E-state index contributed by atoms with van der Waals surface area (Å²) in [6, 6.07) is 16.9. The average molecular weight is 432 g/mol. The third-order valence-electron chi connectivity index (χ3n) is 5.49. The Bertz CT molecular complexity index is 1230. The van der Waals surface area contributed by atoms with E-state index in [1.165, 1.54) is 0 Å². The van der Waals surface area contributed by atoms with Gasteiger partial charge in [0.25, 0.3) is 0 Å². The van der Waals surface area contributed by atoms with Crippen molar-refractivity contribution in [3.05, 3.63) is 81.9 Å². The third kappa shape index (κ3) is 3.99. The number of carbonyl (C=O) groups is 2. The van der Waals surface area contributed by atoms with Crippen LogP contribution in [-0.2, 0) is 11.3 Å². The second-order valence-electron chi connectivity index (χ2n) is 7.49. The molecule has 5 heteroatoms. The Morgan fingerprint density at radius 3 is 2.39 bits per heavy atom. The zero-order valence-electron chi connectivity index (χ0n) is 17.6. The fourth-order valence-corrected chi connectivity index (χ4v) is 4.14. The summed E-state index contributed by atoms with van der Waals surface area (Å²) in [5.74, 6) is 0.588. The fourth-order valence-electron chi connectivity index (χ4n) is 3.96. The van der Waals surface area contributed by atoms with E-state index in [1.54, 1.807) is 31.9 Å². The van der Waals surface area contributed by atoms with Crippen LogP contribution < -0.4 is 9.64 Å². The van der Waals surface area contributed by atoms with Gasteiger partial charge < -0.3 is 9.64 Å². The van der Waals surface area contributed by atoms with E-state index in [9.17, 15) is 9.59 Å². The van der Waals surface area contributed by atoms with Gasteiger partial charge in [-0.05, 0) is 59.5 Å². The van der Waals surface area contributed by atoms with E-state index in [-0.39, 0.29) is 11.7 Å². The number of ether oxygens (including phenoxy) is 1. The standard InChI is InChI=1S/C26H22ClNO3/c1-16(29)22-6-4-5-7-23(22)24-13-20-15-28(17(2)30)25-11-10-21(27)12-19(25)9-8-18(20)14-26(24)31-3/h4-14H,15H2,1-3H3/b9-8-. The molecule has 4 nitrogen and oxygen atoms in total. The van der Waals surface area contributed by atoms with Crippen LogP contribution in [0.2, 0.25) is 5.02 Å². The number of nitrogens with zero attached hydrogens (tertiary/aromatic N) is 1. The molecule has 156 valence electrons. The van der Waals surface area contributed by atoms with E-state index in [0.717, 1.165) is 33.5 Å². The molecule has 1 aliphatic rings. The minimum Gasteiger partial charge on any atom is -0.496 e. The zero-order chi connectivity index (χ0) is 22.1. The van der Waals surface area contributed by atoms with Crippen molar-refractivity contribution in [1.82, 2.24) is 0 Å². The first kappa shape index (κ1) is 20.9. The van der Waals surface area contributed by atoms with Crippen LogP contribution in [0.3, 0.4) is 0 Å². The van der Waals surface area contributed by atoms with Gasteiger partial charge in [-0.3, -0.25) is 9.59 Å². The number of fused-ring (bicyclic) bond motifs is 2. The molecular formula is C26H22ClNO3. The predicted molar refractivity (Wildman–Crippen MR) is 126 cm³/mol. The van der Waals surface area contributed by atoms with Crippen LogP contribution >= 0.6 is 11.6 Å². The van der Waals surface area contributed by atoms with E-state index in [0.29, 0.717) is 22.9 Å². The molecular weight excluding hydrogens is 410 g/mol. The molecule has 3 aromatic carbocycles. The summed E-state index contributed by atoms with van der Waals surface area (Å²) in [5.41, 5.74) is 5.84. The Morgan fingerprint density at radius 2 is 1.68 bits per heavy atom. The molecule has 0 unspecified atom stereocenters. The number of anilines is 1. The molecule has 3 aromatic rings. The van der Waals surface area contributed by atoms with Gasteiger partial charge in [0.2, 0.25) is 5.91 Å². The number of halogens is 1. The van der Waals surface area contributed by atoms with Gasteiger partial charge in [0, 0.05) is 23.1 Å². The van der Waals surface area contributed by atoms with Crippen LogP contribution in [0.15, 0.2) is 54.6 Å². The number of hydrogen-bond acceptors (Lipinski definition) is 3. The molecule has 1 heterocycles. The molecule has 0 radical (unpaired) electrons. The molecule has 31 heavy (non-hydrogen) atoms. The highest BCUT2D eigenvalue weighted by Crippen LogP contribution is 2.38. The second kappa shape index (κ2) is 8.40. The fraction of sp³-hybridized carbons (Fsp3) is 0.154. The highest BCUT2D eigenvalue weighted by Gasteiger charge is 2.21. The lowest BCUT2D eigenvalue weighted by Gasteiger charge is -2.27. The number of benzene rings is 3. The topological polar surface area (TPSA) is 46.6 Å². The van der Waals surface area contributed by atoms with Gasteiger partial charge in [0.05, 0.1) is 19.3 Å². The van der Waals surface area contributed by atoms with Gasteiger partial charge in [-0.1, -0.05) is 48.0 Å². The van der Waals surface area contributed by atoms with Crippen LogP contribution in [-0.4, -0.2) is 18.8 Å². The lowest BCUT2D eigenvalue weighted by molar-refractivity contribution is -0.116. The van der Waals surface area contributed by atoms with Gasteiger partial charge in [-0.15, -0.1) is 0 Å². The van der Waals surface area contributed by atoms with Gasteiger partial charge in [0.15, 0.2) is 5.78 Å². The first-order valence-corrected chi connectivity index (χ1v) is 10.3. The minimum atomic E-state index is -0.0636. The monoisotopic (exact) mass is 431 g/mol. The Morgan fingerprint density at radius 1 is 0.935 bits per heavy atom. The van der Waals surface area contributed by atoms with Gasteiger partial charge in [-0.25, -0.2) is 0 Å². The molecule has 0 aliphatic carbocycles. The molecule has 0 atom stereocenters. The van der Waals surface area contributed by atoms with Crippen molar-refractivity contribution >= 4 is 41.1 Å². The summed E-state index contributed by atoms with van der Waals surface area (Å²) >= 11 is 6.19. The van der Waals surface area contributed by atoms with E-state index >= 15 is 0 Å². The first-order valence-electron chi connectivity index (χ1n) is 9.96. The SMILES string of the molecule is COc1cc2c(cc1-c1ccccc1C(C)=O)CN(C(C)=O)c1ccc(Cl)cc1/C=C\2. The lowest BCUT2D eigenvalue weighted by atomic mass is 9.92. The Balaban J connectivity index is 1.94. The summed E-state index contributed by atoms with van der Waals surface area (Å²) in [7, 11) is 1.62. The lowest BCUT2D eigenvalue weighted by Crippen LogP contribution is -2.29. The Labute approximate surface area is 186 Å². The molecule has 4 rings (SSSR count). The second-order valence-corrected chi connectivity index (χ2v) is 7.93. The van der Waals surface area contributed by atoms with Crippen molar-refractivity contribution in [2.45, 2.75) is 20.4 Å². The molecule has 1 amide bonds. The molecule has 1 aliphatic heterocycles. The molecule has 0 aromatic heterocycles. The number of amides is 1. The zero-order valence-corrected chi connectivity index (χ0v) is 18.4. The molecule has 0 saturated carbocycles. The van der Waals surface area contributed by atoms with Gasteiger partial charge >= 0.3 is 0 Å². The Hall–Kier alpha value is -3.37. The molecule has 0 fully saturated rings. The normalized spacial score (nSPS) is 13.5. The van der Waals surface area contributed by atoms with Crippen LogP contribution in [0, 0.1) is 0 Å². The number of methoxy groups -OCH3 is 1. The number of carbonyl (C=O) groups excluding carboxylic acids is 2. The van der Waals surface area contributed by atoms with Crippen molar-refractivity contribution in [2.24, 2.45) is 0 Å². The third-order valence-corrected chi connectivity index (χ3v) is 5.72. The first-order chi connectivity index (χ1) is 14.9. The largest absolute Gasteiger partial charge is 0.496 e. The summed E-state index contributed by atoms with van der Waals surface area (Å²) < 4.78 is 5.69. The quantitative estimate of drug-likeness (QED) is 0.460. The van der Waals surface area contributed by atoms with Gasteiger partial charge in [-0.2, -0.15) is 0 Å². The van der Waals surface area contributed by atoms with E-state index < -0.39 is 0 Å². The van der Waals surface area contributed by atoms with Crippen LogP contribution in [0.25, 0.3) is 23.3 Å². The highest BCUT2D eigenvalue weighted by atomic mass is 35.5.